The summed E-state index contributed by atoms with van der Waals surface area (Å²) in [6.45, 7) is 3.16. The van der Waals surface area contributed by atoms with Crippen molar-refractivity contribution in [3.05, 3.63) is 41.8 Å². The van der Waals surface area contributed by atoms with E-state index in [2.05, 4.69) is 25.3 Å². The maximum Gasteiger partial charge on any atom is 0.226 e. The van der Waals surface area contributed by atoms with E-state index in [1.165, 1.54) is 5.56 Å². The van der Waals surface area contributed by atoms with Crippen molar-refractivity contribution >= 4 is 16.0 Å². The molecule has 0 unspecified atom stereocenters. The lowest BCUT2D eigenvalue weighted by Crippen LogP contribution is -2.41. The summed E-state index contributed by atoms with van der Waals surface area (Å²) >= 11 is 0. The molecule has 0 fully saturated rings. The lowest BCUT2D eigenvalue weighted by Gasteiger charge is -2.10. The van der Waals surface area contributed by atoms with Crippen LogP contribution in [0.4, 0.5) is 0 Å². The minimum Gasteiger partial charge on any atom is -0.444 e. The Morgan fingerprint density at radius 3 is 2.56 bits per heavy atom. The molecule has 0 spiro atoms. The number of sulfonamides is 1. The summed E-state index contributed by atoms with van der Waals surface area (Å²) in [4.78, 5) is 8.51. The van der Waals surface area contributed by atoms with Crippen molar-refractivity contribution in [2.75, 3.05) is 26.4 Å². The summed E-state index contributed by atoms with van der Waals surface area (Å²) < 4.78 is 29.9. The van der Waals surface area contributed by atoms with E-state index in [0.717, 1.165) is 17.5 Å². The summed E-state index contributed by atoms with van der Waals surface area (Å²) in [7, 11) is -1.54. The van der Waals surface area contributed by atoms with Crippen LogP contribution in [0.25, 0.3) is 11.5 Å². The Morgan fingerprint density at radius 1 is 1.20 bits per heavy atom. The number of aliphatic imine (C=N–C) groups is 1. The van der Waals surface area contributed by atoms with Gasteiger partial charge >= 0.3 is 0 Å². The average molecular weight is 365 g/mol. The van der Waals surface area contributed by atoms with Gasteiger partial charge in [0, 0.05) is 25.7 Å². The van der Waals surface area contributed by atoms with Crippen molar-refractivity contribution in [3.8, 4) is 11.5 Å². The van der Waals surface area contributed by atoms with Crippen molar-refractivity contribution in [2.24, 2.45) is 4.99 Å². The molecule has 0 aliphatic rings. The SMILES string of the molecule is CN=C(NCCNS(C)(=O)=O)NCc1coc(-c2ccc(C)cc2)n1. The zero-order chi connectivity index (χ0) is 18.3. The van der Waals surface area contributed by atoms with Crippen molar-refractivity contribution in [3.63, 3.8) is 0 Å². The quantitative estimate of drug-likeness (QED) is 0.382. The molecule has 0 amide bonds. The molecule has 0 bridgehead atoms. The van der Waals surface area contributed by atoms with E-state index in [0.29, 0.717) is 24.9 Å². The Balaban J connectivity index is 1.82. The average Bonchev–Trinajstić information content (AvgIpc) is 3.03. The van der Waals surface area contributed by atoms with Crippen LogP contribution in [0.1, 0.15) is 11.3 Å². The number of rotatable bonds is 7. The van der Waals surface area contributed by atoms with Gasteiger partial charge in [0.25, 0.3) is 0 Å². The monoisotopic (exact) mass is 365 g/mol. The third-order valence-corrected chi connectivity index (χ3v) is 4.02. The second-order valence-electron chi connectivity index (χ2n) is 5.53. The van der Waals surface area contributed by atoms with Gasteiger partial charge < -0.3 is 15.1 Å². The molecule has 8 nitrogen and oxygen atoms in total. The maximum absolute atomic E-state index is 11.0. The first-order chi connectivity index (χ1) is 11.9. The molecule has 0 saturated carbocycles. The number of guanidine groups is 1. The number of hydrogen-bond acceptors (Lipinski definition) is 5. The second-order valence-corrected chi connectivity index (χ2v) is 7.36. The van der Waals surface area contributed by atoms with Crippen LogP contribution in [0.2, 0.25) is 0 Å². The highest BCUT2D eigenvalue weighted by atomic mass is 32.2. The third kappa shape index (κ3) is 6.55. The first kappa shape index (κ1) is 18.9. The van der Waals surface area contributed by atoms with E-state index in [1.54, 1.807) is 13.3 Å². The smallest absolute Gasteiger partial charge is 0.226 e. The predicted octanol–water partition coefficient (Wildman–Crippen LogP) is 0.864. The number of nitrogens with zero attached hydrogens (tertiary/aromatic N) is 2. The standard InChI is InChI=1S/C16H23N5O3S/c1-12-4-6-13(7-5-12)15-21-14(11-24-15)10-19-16(17-2)18-8-9-20-25(3,22)23/h4-7,11,20H,8-10H2,1-3H3,(H2,17,18,19). The van der Waals surface area contributed by atoms with Gasteiger partial charge in [-0.3, -0.25) is 4.99 Å². The number of nitrogens with one attached hydrogen (secondary N) is 3. The predicted molar refractivity (Wildman–Crippen MR) is 97.7 cm³/mol. The fourth-order valence-corrected chi connectivity index (χ4v) is 2.50. The van der Waals surface area contributed by atoms with Crippen molar-refractivity contribution in [2.45, 2.75) is 13.5 Å². The lowest BCUT2D eigenvalue weighted by atomic mass is 10.1. The van der Waals surface area contributed by atoms with E-state index in [-0.39, 0.29) is 6.54 Å². The molecule has 3 N–H and O–H groups in total. The van der Waals surface area contributed by atoms with Crippen molar-refractivity contribution < 1.29 is 12.8 Å². The maximum atomic E-state index is 11.0. The van der Waals surface area contributed by atoms with Gasteiger partial charge in [-0.05, 0) is 19.1 Å². The minimum absolute atomic E-state index is 0.279. The van der Waals surface area contributed by atoms with Crippen LogP contribution in [0.5, 0.6) is 0 Å². The van der Waals surface area contributed by atoms with Crippen LogP contribution >= 0.6 is 0 Å². The summed E-state index contributed by atoms with van der Waals surface area (Å²) in [5.74, 6) is 1.12. The highest BCUT2D eigenvalue weighted by molar-refractivity contribution is 7.88. The molecule has 0 aliphatic carbocycles. The van der Waals surface area contributed by atoms with E-state index in [1.807, 2.05) is 31.2 Å². The largest absolute Gasteiger partial charge is 0.444 e. The number of aromatic nitrogens is 1. The summed E-state index contributed by atoms with van der Waals surface area (Å²) in [5.41, 5.74) is 2.84. The molecule has 0 saturated heterocycles. The fraction of sp³-hybridized carbons (Fsp3) is 0.375. The molecule has 136 valence electrons. The van der Waals surface area contributed by atoms with Gasteiger partial charge in [-0.1, -0.05) is 17.7 Å². The molecule has 25 heavy (non-hydrogen) atoms. The molecule has 0 radical (unpaired) electrons. The fourth-order valence-electron chi connectivity index (χ4n) is 2.03. The zero-order valence-electron chi connectivity index (χ0n) is 14.5. The first-order valence-electron chi connectivity index (χ1n) is 7.78. The van der Waals surface area contributed by atoms with Crippen LogP contribution in [-0.4, -0.2) is 45.8 Å². The van der Waals surface area contributed by atoms with Gasteiger partial charge in [0.05, 0.1) is 18.5 Å². The molecular formula is C16H23N5O3S. The van der Waals surface area contributed by atoms with Gasteiger partial charge in [-0.15, -0.1) is 0 Å². The van der Waals surface area contributed by atoms with Crippen LogP contribution in [0.3, 0.4) is 0 Å². The van der Waals surface area contributed by atoms with E-state index < -0.39 is 10.0 Å². The van der Waals surface area contributed by atoms with Gasteiger partial charge in [-0.2, -0.15) is 0 Å². The Hall–Kier alpha value is -2.39. The van der Waals surface area contributed by atoms with Crippen LogP contribution in [0.15, 0.2) is 39.9 Å². The number of benzene rings is 1. The molecule has 1 heterocycles. The highest BCUT2D eigenvalue weighted by Gasteiger charge is 2.07. The van der Waals surface area contributed by atoms with Crippen molar-refractivity contribution in [1.29, 1.82) is 0 Å². The van der Waals surface area contributed by atoms with Crippen LogP contribution < -0.4 is 15.4 Å². The van der Waals surface area contributed by atoms with Gasteiger partial charge in [0.1, 0.15) is 6.26 Å². The summed E-state index contributed by atoms with van der Waals surface area (Å²) in [6.07, 6.45) is 2.72. The Labute approximate surface area is 147 Å². The molecular weight excluding hydrogens is 342 g/mol. The van der Waals surface area contributed by atoms with Gasteiger partial charge in [0.2, 0.25) is 15.9 Å². The van der Waals surface area contributed by atoms with Crippen molar-refractivity contribution in [1.82, 2.24) is 20.3 Å². The molecule has 9 heteroatoms. The lowest BCUT2D eigenvalue weighted by molar-refractivity contribution is 0.572. The normalized spacial score (nSPS) is 12.2. The van der Waals surface area contributed by atoms with Crippen LogP contribution in [-0.2, 0) is 16.6 Å². The summed E-state index contributed by atoms with van der Waals surface area (Å²) in [6, 6.07) is 7.95. The number of hydrogen-bond donors (Lipinski definition) is 3. The Bertz CT molecular complexity index is 813. The first-order valence-corrected chi connectivity index (χ1v) is 9.67. The third-order valence-electron chi connectivity index (χ3n) is 3.29. The van der Waals surface area contributed by atoms with E-state index in [4.69, 9.17) is 4.42 Å². The second kappa shape index (κ2) is 8.63. The van der Waals surface area contributed by atoms with Gasteiger partial charge in [-0.25, -0.2) is 18.1 Å². The minimum atomic E-state index is -3.18. The molecule has 2 rings (SSSR count). The number of oxazole rings is 1. The van der Waals surface area contributed by atoms with E-state index in [9.17, 15) is 8.42 Å². The Morgan fingerprint density at radius 2 is 1.92 bits per heavy atom. The highest BCUT2D eigenvalue weighted by Crippen LogP contribution is 2.18. The molecule has 2 aromatic rings. The molecule has 0 atom stereocenters. The topological polar surface area (TPSA) is 109 Å². The molecule has 0 aliphatic heterocycles. The number of aryl methyl sites for hydroxylation is 1. The molecule has 1 aromatic carbocycles. The van der Waals surface area contributed by atoms with E-state index >= 15 is 0 Å². The molecule has 1 aromatic heterocycles. The summed E-state index contributed by atoms with van der Waals surface area (Å²) in [5, 5.41) is 6.11. The Kier molecular flexibility index (Phi) is 6.54. The van der Waals surface area contributed by atoms with Crippen LogP contribution in [0, 0.1) is 6.92 Å². The zero-order valence-corrected chi connectivity index (χ0v) is 15.4. The van der Waals surface area contributed by atoms with Gasteiger partial charge in [0.15, 0.2) is 5.96 Å².